The maximum atomic E-state index is 6.22. The Bertz CT molecular complexity index is 582. The molecule has 1 aliphatic heterocycles. The van der Waals surface area contributed by atoms with Crippen molar-refractivity contribution in [2.75, 3.05) is 13.1 Å². The summed E-state index contributed by atoms with van der Waals surface area (Å²) in [6.07, 6.45) is 4.44. The first-order valence-electron chi connectivity index (χ1n) is 7.48. The number of nitrogens with zero attached hydrogens (tertiary/aromatic N) is 2. The van der Waals surface area contributed by atoms with Crippen LogP contribution >= 0.6 is 0 Å². The summed E-state index contributed by atoms with van der Waals surface area (Å²) in [6, 6.07) is 4.75. The third kappa shape index (κ3) is 2.52. The molecule has 1 aromatic carbocycles. The van der Waals surface area contributed by atoms with E-state index in [0.717, 1.165) is 42.6 Å². The van der Waals surface area contributed by atoms with Crippen molar-refractivity contribution in [3.63, 3.8) is 0 Å². The molecule has 3 rings (SSSR count). The molecule has 1 saturated heterocycles. The fourth-order valence-electron chi connectivity index (χ4n) is 2.96. The van der Waals surface area contributed by atoms with Crippen molar-refractivity contribution >= 4 is 10.9 Å². The van der Waals surface area contributed by atoms with E-state index in [1.807, 2.05) is 12.3 Å². The highest BCUT2D eigenvalue weighted by molar-refractivity contribution is 5.83. The highest BCUT2D eigenvalue weighted by Gasteiger charge is 2.22. The number of hydrogen-bond acceptors (Lipinski definition) is 3. The molecule has 0 atom stereocenters. The van der Waals surface area contributed by atoms with E-state index in [0.29, 0.717) is 12.1 Å². The maximum absolute atomic E-state index is 6.22. The van der Waals surface area contributed by atoms with E-state index in [-0.39, 0.29) is 0 Å². The number of piperidine rings is 1. The normalized spacial score (nSPS) is 18.0. The molecule has 0 unspecified atom stereocenters. The van der Waals surface area contributed by atoms with Crippen LogP contribution in [0.5, 0.6) is 5.75 Å². The average Bonchev–Trinajstić information content (AvgIpc) is 2.92. The predicted molar refractivity (Wildman–Crippen MR) is 81.2 cm³/mol. The summed E-state index contributed by atoms with van der Waals surface area (Å²) in [5.74, 6) is 1.00. The Kier molecular flexibility index (Phi) is 3.66. The van der Waals surface area contributed by atoms with Crippen LogP contribution in [0.4, 0.5) is 0 Å². The maximum Gasteiger partial charge on any atom is 0.123 e. The summed E-state index contributed by atoms with van der Waals surface area (Å²) < 4.78 is 6.22. The van der Waals surface area contributed by atoms with E-state index in [1.165, 1.54) is 5.56 Å². The van der Waals surface area contributed by atoms with Crippen LogP contribution in [0.25, 0.3) is 10.9 Å². The molecule has 2 heterocycles. The number of likely N-dealkylation sites (tertiary alicyclic amines) is 1. The van der Waals surface area contributed by atoms with Crippen molar-refractivity contribution in [2.45, 2.75) is 45.8 Å². The van der Waals surface area contributed by atoms with E-state index in [4.69, 9.17) is 4.74 Å². The minimum absolute atomic E-state index is 0.341. The quantitative estimate of drug-likeness (QED) is 0.934. The number of ether oxygens (including phenoxy) is 1. The summed E-state index contributed by atoms with van der Waals surface area (Å²) in [5.41, 5.74) is 2.26. The standard InChI is InChI=1S/C16H23N3O/c1-11(2)19-8-6-13(7-9-19)20-16-5-4-15-14(12(16)3)10-17-18-15/h4-5,10-11,13H,6-9H2,1-3H3,(H,17,18). The third-order valence-corrected chi connectivity index (χ3v) is 4.34. The molecule has 0 spiro atoms. The number of aromatic nitrogens is 2. The highest BCUT2D eigenvalue weighted by atomic mass is 16.5. The first kappa shape index (κ1) is 13.4. The van der Waals surface area contributed by atoms with Gasteiger partial charge in [-0.15, -0.1) is 0 Å². The van der Waals surface area contributed by atoms with Crippen molar-refractivity contribution < 1.29 is 4.74 Å². The molecule has 0 amide bonds. The van der Waals surface area contributed by atoms with Crippen LogP contribution in [0, 0.1) is 6.92 Å². The van der Waals surface area contributed by atoms with E-state index < -0.39 is 0 Å². The van der Waals surface area contributed by atoms with Crippen LogP contribution in [0.15, 0.2) is 18.3 Å². The molecule has 108 valence electrons. The van der Waals surface area contributed by atoms with E-state index >= 15 is 0 Å². The number of nitrogens with one attached hydrogen (secondary N) is 1. The lowest BCUT2D eigenvalue weighted by molar-refractivity contribution is 0.0840. The Morgan fingerprint density at radius 1 is 1.30 bits per heavy atom. The molecule has 1 aliphatic rings. The highest BCUT2D eigenvalue weighted by Crippen LogP contribution is 2.28. The van der Waals surface area contributed by atoms with Crippen LogP contribution in [0.1, 0.15) is 32.3 Å². The van der Waals surface area contributed by atoms with Gasteiger partial charge in [-0.25, -0.2) is 0 Å². The molecule has 1 aromatic heterocycles. The van der Waals surface area contributed by atoms with Crippen LogP contribution in [-0.4, -0.2) is 40.3 Å². The van der Waals surface area contributed by atoms with Gasteiger partial charge in [0.2, 0.25) is 0 Å². The third-order valence-electron chi connectivity index (χ3n) is 4.34. The smallest absolute Gasteiger partial charge is 0.123 e. The molecule has 20 heavy (non-hydrogen) atoms. The van der Waals surface area contributed by atoms with Crippen molar-refractivity contribution in [3.8, 4) is 5.75 Å². The second kappa shape index (κ2) is 5.44. The van der Waals surface area contributed by atoms with Crippen LogP contribution in [-0.2, 0) is 0 Å². The van der Waals surface area contributed by atoms with Crippen LogP contribution in [0.3, 0.4) is 0 Å². The number of benzene rings is 1. The van der Waals surface area contributed by atoms with Crippen molar-refractivity contribution in [1.82, 2.24) is 15.1 Å². The first-order chi connectivity index (χ1) is 9.65. The molecule has 4 nitrogen and oxygen atoms in total. The fourth-order valence-corrected chi connectivity index (χ4v) is 2.96. The number of H-pyrrole nitrogens is 1. The van der Waals surface area contributed by atoms with Gasteiger partial charge in [0.05, 0.1) is 11.7 Å². The van der Waals surface area contributed by atoms with Gasteiger partial charge in [-0.05, 0) is 45.7 Å². The Balaban J connectivity index is 1.69. The van der Waals surface area contributed by atoms with Gasteiger partial charge in [-0.3, -0.25) is 5.10 Å². The van der Waals surface area contributed by atoms with Crippen LogP contribution < -0.4 is 4.74 Å². The predicted octanol–water partition coefficient (Wildman–Crippen LogP) is 3.12. The molecular weight excluding hydrogens is 250 g/mol. The van der Waals surface area contributed by atoms with Gasteiger partial charge in [0.1, 0.15) is 11.9 Å². The van der Waals surface area contributed by atoms with Crippen LogP contribution in [0.2, 0.25) is 0 Å². The second-order valence-electron chi connectivity index (χ2n) is 5.97. The molecule has 1 N–H and O–H groups in total. The summed E-state index contributed by atoms with van der Waals surface area (Å²) in [4.78, 5) is 2.52. The van der Waals surface area contributed by atoms with Gasteiger partial charge in [-0.2, -0.15) is 5.10 Å². The van der Waals surface area contributed by atoms with Gasteiger partial charge < -0.3 is 9.64 Å². The van der Waals surface area contributed by atoms with Gasteiger partial charge in [0.15, 0.2) is 0 Å². The molecule has 0 bridgehead atoms. The van der Waals surface area contributed by atoms with Crippen molar-refractivity contribution in [1.29, 1.82) is 0 Å². The Morgan fingerprint density at radius 3 is 2.75 bits per heavy atom. The average molecular weight is 273 g/mol. The molecule has 0 saturated carbocycles. The van der Waals surface area contributed by atoms with Crippen molar-refractivity contribution in [2.24, 2.45) is 0 Å². The Morgan fingerprint density at radius 2 is 2.05 bits per heavy atom. The number of fused-ring (bicyclic) bond motifs is 1. The lowest BCUT2D eigenvalue weighted by atomic mass is 10.1. The summed E-state index contributed by atoms with van der Waals surface area (Å²) in [6.45, 7) is 8.90. The van der Waals surface area contributed by atoms with Gasteiger partial charge >= 0.3 is 0 Å². The molecule has 2 aromatic rings. The number of rotatable bonds is 3. The van der Waals surface area contributed by atoms with E-state index in [2.05, 4.69) is 41.9 Å². The topological polar surface area (TPSA) is 41.1 Å². The lowest BCUT2D eigenvalue weighted by Crippen LogP contribution is -2.41. The summed E-state index contributed by atoms with van der Waals surface area (Å²) in [5, 5.41) is 8.24. The molecule has 0 aliphatic carbocycles. The molecule has 1 fully saturated rings. The molecule has 4 heteroatoms. The van der Waals surface area contributed by atoms with Gasteiger partial charge in [0.25, 0.3) is 0 Å². The minimum atomic E-state index is 0.341. The number of aromatic amines is 1. The summed E-state index contributed by atoms with van der Waals surface area (Å²) in [7, 11) is 0. The minimum Gasteiger partial charge on any atom is -0.490 e. The largest absolute Gasteiger partial charge is 0.490 e. The second-order valence-corrected chi connectivity index (χ2v) is 5.97. The monoisotopic (exact) mass is 273 g/mol. The van der Waals surface area contributed by atoms with Gasteiger partial charge in [0, 0.05) is 30.1 Å². The molecule has 0 radical (unpaired) electrons. The first-order valence-corrected chi connectivity index (χ1v) is 7.48. The zero-order valence-electron chi connectivity index (χ0n) is 12.5. The van der Waals surface area contributed by atoms with Crippen molar-refractivity contribution in [3.05, 3.63) is 23.9 Å². The van der Waals surface area contributed by atoms with E-state index in [1.54, 1.807) is 0 Å². The summed E-state index contributed by atoms with van der Waals surface area (Å²) >= 11 is 0. The SMILES string of the molecule is Cc1c(OC2CCN(C(C)C)CC2)ccc2[nH]ncc12. The number of hydrogen-bond donors (Lipinski definition) is 1. The Hall–Kier alpha value is -1.55. The van der Waals surface area contributed by atoms with Gasteiger partial charge in [-0.1, -0.05) is 0 Å². The number of aryl methyl sites for hydroxylation is 1. The Labute approximate surface area is 120 Å². The zero-order valence-corrected chi connectivity index (χ0v) is 12.5. The van der Waals surface area contributed by atoms with E-state index in [9.17, 15) is 0 Å². The zero-order chi connectivity index (χ0) is 14.1. The molecular formula is C16H23N3O. The fraction of sp³-hybridized carbons (Fsp3) is 0.562. The lowest BCUT2D eigenvalue weighted by Gasteiger charge is -2.34.